The summed E-state index contributed by atoms with van der Waals surface area (Å²) in [6.45, 7) is 48.2. The average molecular weight is 931 g/mol. The Kier molecular flexibility index (Phi) is 30.8. The topological polar surface area (TPSA) is 115 Å². The van der Waals surface area contributed by atoms with Crippen molar-refractivity contribution in [1.29, 1.82) is 0 Å². The minimum absolute atomic E-state index is 0.119. The molecule has 6 saturated heterocycles. The summed E-state index contributed by atoms with van der Waals surface area (Å²) in [6.07, 6.45) is 3.01. The summed E-state index contributed by atoms with van der Waals surface area (Å²) in [5.74, 6) is 3.04. The third kappa shape index (κ3) is 21.0. The Labute approximate surface area is 403 Å². The highest BCUT2D eigenvalue weighted by atomic mass is 16.5. The van der Waals surface area contributed by atoms with Gasteiger partial charge in [0.25, 0.3) is 5.91 Å². The van der Waals surface area contributed by atoms with Gasteiger partial charge in [0.2, 0.25) is 17.7 Å². The molecule has 0 aromatic heterocycles. The molecule has 2 unspecified atom stereocenters. The van der Waals surface area contributed by atoms with Gasteiger partial charge in [-0.05, 0) is 79.9 Å². The van der Waals surface area contributed by atoms with Gasteiger partial charge in [0.15, 0.2) is 0 Å². The normalized spacial score (nSPS) is 21.1. The summed E-state index contributed by atoms with van der Waals surface area (Å²) in [4.78, 5) is 57.7. The van der Waals surface area contributed by atoms with Crippen molar-refractivity contribution in [2.45, 2.75) is 161 Å². The van der Waals surface area contributed by atoms with Crippen LogP contribution in [-0.2, 0) is 35.1 Å². The SMILES string of the molecule is CC.CC.CC(C)C(=O)N1CCC1.CC(C)C(=O)N1CCOCC1.CC(C)N1CC2COCC2C1.CC(C)N1CCCC1=O.CC(C)N1CCOCC1.CC(C)N1Cc2ccccc2C1=O. The van der Waals surface area contributed by atoms with Crippen LogP contribution in [0.15, 0.2) is 24.3 Å². The van der Waals surface area contributed by atoms with E-state index in [1.54, 1.807) is 0 Å². The zero-order valence-corrected chi connectivity index (χ0v) is 44.9. The molecule has 66 heavy (non-hydrogen) atoms. The van der Waals surface area contributed by atoms with Gasteiger partial charge in [0, 0.05) is 125 Å². The highest BCUT2D eigenvalue weighted by molar-refractivity contribution is 5.98. The van der Waals surface area contributed by atoms with E-state index in [-0.39, 0.29) is 23.7 Å². The number of fused-ring (bicyclic) bond motifs is 2. The summed E-state index contributed by atoms with van der Waals surface area (Å²) in [5, 5.41) is 0. The third-order valence-electron chi connectivity index (χ3n) is 12.5. The van der Waals surface area contributed by atoms with Gasteiger partial charge in [-0.1, -0.05) is 73.6 Å². The zero-order valence-electron chi connectivity index (χ0n) is 44.9. The number of hydrogen-bond donors (Lipinski definition) is 0. The Morgan fingerprint density at radius 2 is 0.985 bits per heavy atom. The van der Waals surface area contributed by atoms with Crippen molar-refractivity contribution in [2.75, 3.05) is 98.5 Å². The van der Waals surface area contributed by atoms with Gasteiger partial charge in [-0.15, -0.1) is 0 Å². The first kappa shape index (κ1) is 60.9. The van der Waals surface area contributed by atoms with Crippen LogP contribution in [0.25, 0.3) is 0 Å². The van der Waals surface area contributed by atoms with Gasteiger partial charge in [-0.25, -0.2) is 0 Å². The average Bonchev–Trinajstić information content (AvgIpc) is 4.11. The quantitative estimate of drug-likeness (QED) is 0.279. The number of likely N-dealkylation sites (tertiary alicyclic amines) is 3. The summed E-state index contributed by atoms with van der Waals surface area (Å²) in [7, 11) is 0. The molecule has 4 amide bonds. The molecule has 13 nitrogen and oxygen atoms in total. The molecule has 7 aliphatic rings. The molecule has 0 N–H and O–H groups in total. The van der Waals surface area contributed by atoms with Crippen molar-refractivity contribution < 1.29 is 33.4 Å². The van der Waals surface area contributed by atoms with Crippen LogP contribution >= 0.6 is 0 Å². The van der Waals surface area contributed by atoms with Gasteiger partial charge in [-0.2, -0.15) is 0 Å². The lowest BCUT2D eigenvalue weighted by atomic mass is 10.0. The molecule has 13 heteroatoms. The van der Waals surface area contributed by atoms with E-state index in [1.807, 2.05) is 113 Å². The highest BCUT2D eigenvalue weighted by Gasteiger charge is 2.37. The molecule has 382 valence electrons. The predicted octanol–water partition coefficient (Wildman–Crippen LogP) is 8.20. The monoisotopic (exact) mass is 931 g/mol. The van der Waals surface area contributed by atoms with Crippen LogP contribution < -0.4 is 0 Å². The highest BCUT2D eigenvalue weighted by Crippen LogP contribution is 2.30. The van der Waals surface area contributed by atoms with Crippen molar-refractivity contribution in [3.05, 3.63) is 35.4 Å². The van der Waals surface area contributed by atoms with Crippen LogP contribution in [0.3, 0.4) is 0 Å². The van der Waals surface area contributed by atoms with Crippen LogP contribution in [0.5, 0.6) is 0 Å². The number of morpholine rings is 2. The molecule has 1 aromatic carbocycles. The number of carbonyl (C=O) groups is 4. The van der Waals surface area contributed by atoms with Crippen molar-refractivity contribution >= 4 is 23.6 Å². The molecule has 8 rings (SSSR count). The Morgan fingerprint density at radius 3 is 1.32 bits per heavy atom. The first-order valence-electron chi connectivity index (χ1n) is 25.9. The molecule has 7 aliphatic heterocycles. The molecular formula is C53H98N6O7. The largest absolute Gasteiger partial charge is 0.381 e. The van der Waals surface area contributed by atoms with E-state index in [0.29, 0.717) is 43.2 Å². The van der Waals surface area contributed by atoms with Gasteiger partial charge in [0.1, 0.15) is 0 Å². The minimum Gasteiger partial charge on any atom is -0.381 e. The number of carbonyl (C=O) groups excluding carboxylic acids is 4. The van der Waals surface area contributed by atoms with Gasteiger partial charge >= 0.3 is 0 Å². The zero-order chi connectivity index (χ0) is 49.9. The second kappa shape index (κ2) is 33.4. The van der Waals surface area contributed by atoms with Gasteiger partial charge in [0.05, 0.1) is 39.6 Å². The molecule has 0 saturated carbocycles. The Balaban J connectivity index is 0.000000392. The molecule has 0 radical (unpaired) electrons. The first-order chi connectivity index (χ1) is 31.4. The second-order valence-electron chi connectivity index (χ2n) is 19.2. The second-order valence-corrected chi connectivity index (χ2v) is 19.2. The summed E-state index contributed by atoms with van der Waals surface area (Å²) >= 11 is 0. The van der Waals surface area contributed by atoms with Crippen molar-refractivity contribution in [3.63, 3.8) is 0 Å². The van der Waals surface area contributed by atoms with E-state index < -0.39 is 0 Å². The lowest BCUT2D eigenvalue weighted by Crippen LogP contribution is -2.44. The van der Waals surface area contributed by atoms with Crippen LogP contribution in [0.1, 0.15) is 146 Å². The van der Waals surface area contributed by atoms with Gasteiger partial charge < -0.3 is 38.7 Å². The molecular weight excluding hydrogens is 833 g/mol. The summed E-state index contributed by atoms with van der Waals surface area (Å²) < 4.78 is 15.8. The smallest absolute Gasteiger partial charge is 0.254 e. The van der Waals surface area contributed by atoms with Crippen molar-refractivity contribution in [1.82, 2.24) is 29.4 Å². The molecule has 0 aliphatic carbocycles. The fourth-order valence-electron chi connectivity index (χ4n) is 8.20. The Morgan fingerprint density at radius 1 is 0.530 bits per heavy atom. The van der Waals surface area contributed by atoms with Crippen LogP contribution in [0, 0.1) is 23.7 Å². The number of amides is 4. The maximum atomic E-state index is 11.8. The first-order valence-corrected chi connectivity index (χ1v) is 25.9. The number of nitrogens with zero attached hydrogens (tertiary/aromatic N) is 6. The van der Waals surface area contributed by atoms with E-state index >= 15 is 0 Å². The molecule has 0 bridgehead atoms. The van der Waals surface area contributed by atoms with E-state index in [1.165, 1.54) is 19.5 Å². The Bertz CT molecular complexity index is 1480. The number of ether oxygens (including phenoxy) is 3. The molecule has 6 fully saturated rings. The van der Waals surface area contributed by atoms with E-state index in [4.69, 9.17) is 14.2 Å². The lowest BCUT2D eigenvalue weighted by molar-refractivity contribution is -0.138. The van der Waals surface area contributed by atoms with Crippen LogP contribution in [-0.4, -0.2) is 176 Å². The Hall–Kier alpha value is -3.10. The lowest BCUT2D eigenvalue weighted by Gasteiger charge is -2.32. The van der Waals surface area contributed by atoms with E-state index in [2.05, 4.69) is 51.3 Å². The van der Waals surface area contributed by atoms with Gasteiger partial charge in [-0.3, -0.25) is 24.1 Å². The maximum absolute atomic E-state index is 11.8. The minimum atomic E-state index is 0.119. The van der Waals surface area contributed by atoms with Crippen molar-refractivity contribution in [3.8, 4) is 0 Å². The summed E-state index contributed by atoms with van der Waals surface area (Å²) in [5.41, 5.74) is 2.03. The van der Waals surface area contributed by atoms with Crippen molar-refractivity contribution in [2.24, 2.45) is 23.7 Å². The predicted molar refractivity (Wildman–Crippen MR) is 271 cm³/mol. The molecule has 0 spiro atoms. The standard InChI is InChI=1S/C11H13NO.C9H17NO.C8H15NO2.C7H15NO.2C7H13NO.2C2H6/c1-8(2)12-7-9-5-3-4-6-10(9)11(12)13;1-7(2)10-3-8-5-11-6-9(8)4-10;1-7(2)8(10)9-3-5-11-6-4-9;1-7(2)8-3-5-9-6-4-8;1-6(2)7(9)8-4-3-5-8;1-6(2)8-5-3-4-7(8)9;2*1-2/h3-6,8H,7H2,1-2H3;7-9H,3-6H2,1-2H3;7H,3-6H2,1-2H3;7H,3-6H2,1-2H3;2*6H,3-5H2,1-2H3;2*1-2H3. The molecule has 2 atom stereocenters. The van der Waals surface area contributed by atoms with Crippen LogP contribution in [0.2, 0.25) is 0 Å². The fraction of sp³-hybridized carbons (Fsp3) is 0.811. The van der Waals surface area contributed by atoms with E-state index in [0.717, 1.165) is 121 Å². The number of rotatable bonds is 6. The fourth-order valence-corrected chi connectivity index (χ4v) is 8.20. The number of hydrogen-bond acceptors (Lipinski definition) is 9. The maximum Gasteiger partial charge on any atom is 0.254 e. The molecule has 7 heterocycles. The third-order valence-corrected chi connectivity index (χ3v) is 12.5. The summed E-state index contributed by atoms with van der Waals surface area (Å²) in [6, 6.07) is 9.93. The van der Waals surface area contributed by atoms with Crippen LogP contribution in [0.4, 0.5) is 0 Å². The number of benzene rings is 1. The van der Waals surface area contributed by atoms with E-state index in [9.17, 15) is 19.2 Å². The molecule has 1 aromatic rings.